The van der Waals surface area contributed by atoms with Crippen LogP contribution in [0.15, 0.2) is 0 Å². The van der Waals surface area contributed by atoms with E-state index in [-0.39, 0.29) is 0 Å². The van der Waals surface area contributed by atoms with E-state index in [1.54, 1.807) is 0 Å². The van der Waals surface area contributed by atoms with Crippen molar-refractivity contribution in [3.8, 4) is 0 Å². The summed E-state index contributed by atoms with van der Waals surface area (Å²) >= 11 is -0.417. The van der Waals surface area contributed by atoms with Crippen molar-refractivity contribution in [3.05, 3.63) is 0 Å². The second-order valence-corrected chi connectivity index (χ2v) is 6.88. The largest absolute Gasteiger partial charge is 0.544 e. The molecule has 0 rings (SSSR count). The Bertz CT molecular complexity index is 243. The molecule has 0 saturated carbocycles. The monoisotopic (exact) mass is 337 g/mol. The van der Waals surface area contributed by atoms with Crippen molar-refractivity contribution < 1.29 is 29.9 Å². The average molecular weight is 338 g/mol. The fraction of sp³-hybridized carbons (Fsp3) is 0.941. The summed E-state index contributed by atoms with van der Waals surface area (Å²) in [4.78, 5) is 11.7. The summed E-state index contributed by atoms with van der Waals surface area (Å²) in [5.41, 5.74) is 0. The van der Waals surface area contributed by atoms with Crippen LogP contribution in [0.5, 0.6) is 0 Å². The molecular formula is C17H36ClNO3. The third-order valence-corrected chi connectivity index (χ3v) is 3.74. The SMILES string of the molecule is CCCCCCCCCCCCCC(=O)[N+](C)(C)C.[O-][Cl+][O-]. The smallest absolute Gasteiger partial charge is 0.313 e. The highest BCUT2D eigenvalue weighted by atomic mass is 35.6. The molecule has 0 radical (unpaired) electrons. The van der Waals surface area contributed by atoms with Crippen LogP contribution in [-0.4, -0.2) is 31.5 Å². The van der Waals surface area contributed by atoms with Crippen molar-refractivity contribution in [2.24, 2.45) is 0 Å². The van der Waals surface area contributed by atoms with Gasteiger partial charge in [0.05, 0.1) is 38.9 Å². The van der Waals surface area contributed by atoms with Crippen LogP contribution < -0.4 is 9.32 Å². The van der Waals surface area contributed by atoms with Crippen LogP contribution in [0.1, 0.15) is 84.0 Å². The predicted molar refractivity (Wildman–Crippen MR) is 84.1 cm³/mol. The molecule has 22 heavy (non-hydrogen) atoms. The number of rotatable bonds is 12. The fourth-order valence-corrected chi connectivity index (χ4v) is 2.28. The van der Waals surface area contributed by atoms with E-state index in [0.717, 1.165) is 12.8 Å². The van der Waals surface area contributed by atoms with E-state index in [2.05, 4.69) is 6.92 Å². The first-order valence-corrected chi connectivity index (χ1v) is 9.26. The normalized spacial score (nSPS) is 11.0. The zero-order chi connectivity index (χ0) is 17.3. The molecular weight excluding hydrogens is 302 g/mol. The minimum atomic E-state index is -0.417. The second-order valence-electron chi connectivity index (χ2n) is 6.75. The average Bonchev–Trinajstić information content (AvgIpc) is 2.44. The standard InChI is InChI=1S/C17H36NO.ClO2/c1-5-6-7-8-9-10-11-12-13-14-15-16-17(19)18(2,3)4;2-1-3/h5-16H2,1-4H3;/q+1;-1. The molecule has 5 heteroatoms. The molecule has 0 aromatic rings. The Hall–Kier alpha value is -0.160. The van der Waals surface area contributed by atoms with Gasteiger partial charge in [-0.15, -0.1) is 0 Å². The molecule has 0 bridgehead atoms. The Morgan fingerprint density at radius 3 is 1.41 bits per heavy atom. The van der Waals surface area contributed by atoms with Crippen LogP contribution in [0.4, 0.5) is 0 Å². The number of carbonyl (C=O) groups excluding carboxylic acids is 1. The molecule has 0 aromatic heterocycles. The van der Waals surface area contributed by atoms with Gasteiger partial charge in [0.25, 0.3) is 0 Å². The molecule has 0 aliphatic heterocycles. The summed E-state index contributed by atoms with van der Waals surface area (Å²) in [6.07, 6.45) is 15.5. The van der Waals surface area contributed by atoms with Gasteiger partial charge < -0.3 is 9.32 Å². The van der Waals surface area contributed by atoms with Gasteiger partial charge in [-0.3, -0.25) is 4.48 Å². The van der Waals surface area contributed by atoms with Gasteiger partial charge in [0.1, 0.15) is 0 Å². The summed E-state index contributed by atoms with van der Waals surface area (Å²) < 4.78 is 16.9. The highest BCUT2D eigenvalue weighted by molar-refractivity contribution is 5.68. The summed E-state index contributed by atoms with van der Waals surface area (Å²) in [6.45, 7) is 2.27. The van der Waals surface area contributed by atoms with E-state index in [0.29, 0.717) is 10.4 Å². The van der Waals surface area contributed by atoms with Crippen molar-refractivity contribution >= 4 is 5.91 Å². The van der Waals surface area contributed by atoms with Crippen LogP contribution >= 0.6 is 0 Å². The highest BCUT2D eigenvalue weighted by Crippen LogP contribution is 2.12. The van der Waals surface area contributed by atoms with E-state index < -0.39 is 11.3 Å². The summed E-state index contributed by atoms with van der Waals surface area (Å²) in [5.74, 6) is 0.357. The maximum absolute atomic E-state index is 11.7. The molecule has 0 aliphatic rings. The second kappa shape index (κ2) is 17.2. The van der Waals surface area contributed by atoms with Gasteiger partial charge in [0.2, 0.25) is 0 Å². The Morgan fingerprint density at radius 2 is 1.09 bits per heavy atom. The first kappa shape index (κ1) is 24.1. The van der Waals surface area contributed by atoms with Gasteiger partial charge in [-0.05, 0) is 6.42 Å². The number of hydrogen-bond donors (Lipinski definition) is 0. The van der Waals surface area contributed by atoms with Gasteiger partial charge in [-0.25, -0.2) is 4.79 Å². The van der Waals surface area contributed by atoms with Crippen molar-refractivity contribution in [2.75, 3.05) is 21.1 Å². The first-order valence-electron chi connectivity index (χ1n) is 8.64. The van der Waals surface area contributed by atoms with Gasteiger partial charge >= 0.3 is 5.91 Å². The van der Waals surface area contributed by atoms with Crippen LogP contribution in [0.25, 0.3) is 0 Å². The molecule has 0 aromatic carbocycles. The number of hydrogen-bond acceptors (Lipinski definition) is 3. The Balaban J connectivity index is 0. The summed E-state index contributed by atoms with van der Waals surface area (Å²) in [7, 11) is 5.88. The molecule has 0 fully saturated rings. The zero-order valence-corrected chi connectivity index (χ0v) is 15.8. The summed E-state index contributed by atoms with van der Waals surface area (Å²) in [6, 6.07) is 0. The molecule has 0 atom stereocenters. The molecule has 4 nitrogen and oxygen atoms in total. The maximum Gasteiger partial charge on any atom is 0.313 e. The van der Waals surface area contributed by atoms with Gasteiger partial charge in [-0.2, -0.15) is 0 Å². The van der Waals surface area contributed by atoms with Gasteiger partial charge in [-0.1, -0.05) is 71.1 Å². The quantitative estimate of drug-likeness (QED) is 0.406. The lowest BCUT2D eigenvalue weighted by molar-refractivity contribution is -1.41. The Morgan fingerprint density at radius 1 is 0.773 bits per heavy atom. The van der Waals surface area contributed by atoms with Crippen molar-refractivity contribution in [1.82, 2.24) is 0 Å². The van der Waals surface area contributed by atoms with Crippen LogP contribution in [-0.2, 0) is 4.79 Å². The summed E-state index contributed by atoms with van der Waals surface area (Å²) in [5, 5.41) is 0. The number of nitrogens with zero attached hydrogens (tertiary/aromatic N) is 1. The predicted octanol–water partition coefficient (Wildman–Crippen LogP) is 2.54. The van der Waals surface area contributed by atoms with Crippen molar-refractivity contribution in [1.29, 1.82) is 0 Å². The van der Waals surface area contributed by atoms with Gasteiger partial charge in [0, 0.05) is 0 Å². The van der Waals surface area contributed by atoms with Crippen LogP contribution in [0.2, 0.25) is 0 Å². The molecule has 0 unspecified atom stereocenters. The van der Waals surface area contributed by atoms with Gasteiger partial charge in [0.15, 0.2) is 0 Å². The molecule has 1 amide bonds. The van der Waals surface area contributed by atoms with Crippen LogP contribution in [0.3, 0.4) is 0 Å². The minimum Gasteiger partial charge on any atom is -0.544 e. The molecule has 0 heterocycles. The van der Waals surface area contributed by atoms with Crippen LogP contribution in [0, 0.1) is 11.3 Å². The number of carbonyl (C=O) groups is 1. The van der Waals surface area contributed by atoms with Crippen molar-refractivity contribution in [2.45, 2.75) is 84.0 Å². The third-order valence-electron chi connectivity index (χ3n) is 3.74. The van der Waals surface area contributed by atoms with E-state index in [1.807, 2.05) is 21.1 Å². The Labute approximate surface area is 141 Å². The third kappa shape index (κ3) is 19.8. The highest BCUT2D eigenvalue weighted by Gasteiger charge is 2.18. The lowest BCUT2D eigenvalue weighted by Crippen LogP contribution is -2.40. The lowest BCUT2D eigenvalue weighted by atomic mass is 10.1. The Kier molecular flexibility index (Phi) is 18.8. The lowest BCUT2D eigenvalue weighted by Gasteiger charge is -2.20. The topological polar surface area (TPSA) is 63.2 Å². The first-order chi connectivity index (χ1) is 10.4. The molecule has 134 valence electrons. The fourth-order valence-electron chi connectivity index (χ4n) is 2.28. The maximum atomic E-state index is 11.7. The molecule has 0 aliphatic carbocycles. The van der Waals surface area contributed by atoms with E-state index in [1.165, 1.54) is 64.2 Å². The van der Waals surface area contributed by atoms with E-state index >= 15 is 0 Å². The number of halogens is 1. The minimum absolute atomic E-state index is 0.357. The van der Waals surface area contributed by atoms with E-state index in [9.17, 15) is 4.79 Å². The zero-order valence-electron chi connectivity index (χ0n) is 15.0. The molecule has 0 saturated heterocycles. The molecule has 0 spiro atoms. The number of amides is 1. The number of unbranched alkanes of at least 4 members (excludes halogenated alkanes) is 10. The number of quaternary nitrogens is 1. The molecule has 0 N–H and O–H groups in total. The van der Waals surface area contributed by atoms with E-state index in [4.69, 9.17) is 9.32 Å². The van der Waals surface area contributed by atoms with Crippen molar-refractivity contribution in [3.63, 3.8) is 0 Å².